The lowest BCUT2D eigenvalue weighted by atomic mass is 9.98. The molecule has 2 aromatic rings. The maximum Gasteiger partial charge on any atom is 0.407 e. The molecule has 0 radical (unpaired) electrons. The second-order valence-corrected chi connectivity index (χ2v) is 12.7. The van der Waals surface area contributed by atoms with Crippen LogP contribution in [-0.4, -0.2) is 111 Å². The largest absolute Gasteiger partial charge is 0.463 e. The highest BCUT2D eigenvalue weighted by molar-refractivity contribution is 5.79. The van der Waals surface area contributed by atoms with Gasteiger partial charge in [0.15, 0.2) is 0 Å². The van der Waals surface area contributed by atoms with Gasteiger partial charge in [0.1, 0.15) is 13.2 Å². The summed E-state index contributed by atoms with van der Waals surface area (Å²) in [6.45, 7) is 8.51. The molecular formula is C41H63NO10. The van der Waals surface area contributed by atoms with E-state index in [1.165, 1.54) is 67.2 Å². The zero-order chi connectivity index (χ0) is 36.7. The fourth-order valence-corrected chi connectivity index (χ4v) is 5.94. The van der Waals surface area contributed by atoms with Gasteiger partial charge in [-0.1, -0.05) is 107 Å². The van der Waals surface area contributed by atoms with Crippen molar-refractivity contribution in [2.45, 2.75) is 77.0 Å². The van der Waals surface area contributed by atoms with E-state index in [1.54, 1.807) is 0 Å². The summed E-state index contributed by atoms with van der Waals surface area (Å²) in [7, 11) is 0. The molecular weight excluding hydrogens is 666 g/mol. The Labute approximate surface area is 311 Å². The molecule has 0 spiro atoms. The van der Waals surface area contributed by atoms with Crippen LogP contribution >= 0.6 is 0 Å². The molecule has 0 fully saturated rings. The minimum atomic E-state index is -0.452. The molecule has 3 rings (SSSR count). The fraction of sp³-hybridized carbons (Fsp3) is 0.659. The number of alkyl carbamates (subject to hydrolysis) is 1. The maximum absolute atomic E-state index is 12.2. The molecule has 0 aromatic heterocycles. The maximum atomic E-state index is 12.2. The minimum absolute atomic E-state index is 0.0375. The van der Waals surface area contributed by atoms with E-state index >= 15 is 0 Å². The predicted molar refractivity (Wildman–Crippen MR) is 201 cm³/mol. The van der Waals surface area contributed by atoms with Crippen molar-refractivity contribution in [1.29, 1.82) is 0 Å². The molecule has 0 atom stereocenters. The van der Waals surface area contributed by atoms with Crippen molar-refractivity contribution in [3.05, 3.63) is 59.7 Å². The van der Waals surface area contributed by atoms with Gasteiger partial charge in [-0.3, -0.25) is 4.79 Å². The Balaban J connectivity index is 0.978. The number of amides is 1. The van der Waals surface area contributed by atoms with Crippen molar-refractivity contribution >= 4 is 12.1 Å². The summed E-state index contributed by atoms with van der Waals surface area (Å²) in [5, 5.41) is 2.74. The summed E-state index contributed by atoms with van der Waals surface area (Å²) < 4.78 is 43.7. The van der Waals surface area contributed by atoms with Gasteiger partial charge in [-0.15, -0.1) is 0 Å². The molecule has 0 aliphatic heterocycles. The van der Waals surface area contributed by atoms with Crippen LogP contribution in [0.15, 0.2) is 48.5 Å². The smallest absolute Gasteiger partial charge is 0.407 e. The molecule has 0 unspecified atom stereocenters. The third-order valence-electron chi connectivity index (χ3n) is 8.69. The van der Waals surface area contributed by atoms with Crippen LogP contribution in [0.25, 0.3) is 11.1 Å². The van der Waals surface area contributed by atoms with E-state index in [2.05, 4.69) is 36.5 Å². The quantitative estimate of drug-likeness (QED) is 0.0603. The van der Waals surface area contributed by atoms with Gasteiger partial charge in [0.25, 0.3) is 0 Å². The molecule has 0 bridgehead atoms. The molecule has 0 saturated heterocycles. The van der Waals surface area contributed by atoms with E-state index in [0.29, 0.717) is 92.2 Å². The van der Waals surface area contributed by atoms with E-state index in [0.717, 1.165) is 12.8 Å². The summed E-state index contributed by atoms with van der Waals surface area (Å²) in [6.07, 6.45) is 11.1. The van der Waals surface area contributed by atoms with Crippen molar-refractivity contribution < 1.29 is 47.5 Å². The number of carbonyl (C=O) groups excluding carboxylic acids is 2. The first-order valence-corrected chi connectivity index (χ1v) is 19.4. The SMILES string of the molecule is CCCCCCCCCCCC(=O)OCCOCCOCCOCCOCCOCCOCCNC(=O)OCC1c2ccccc2-c2ccccc21. The Kier molecular flexibility index (Phi) is 24.5. The normalized spacial score (nSPS) is 12.1. The highest BCUT2D eigenvalue weighted by Crippen LogP contribution is 2.44. The average Bonchev–Trinajstić information content (AvgIpc) is 3.48. The van der Waals surface area contributed by atoms with Crippen molar-refractivity contribution in [3.63, 3.8) is 0 Å². The van der Waals surface area contributed by atoms with E-state index in [4.69, 9.17) is 37.9 Å². The Hall–Kier alpha value is -3.06. The Morgan fingerprint density at radius 1 is 0.519 bits per heavy atom. The van der Waals surface area contributed by atoms with E-state index < -0.39 is 6.09 Å². The number of fused-ring (bicyclic) bond motifs is 3. The third-order valence-corrected chi connectivity index (χ3v) is 8.69. The van der Waals surface area contributed by atoms with Crippen molar-refractivity contribution in [3.8, 4) is 11.1 Å². The molecule has 1 aliphatic carbocycles. The van der Waals surface area contributed by atoms with Crippen LogP contribution in [-0.2, 0) is 42.7 Å². The zero-order valence-corrected chi connectivity index (χ0v) is 31.5. The third kappa shape index (κ3) is 19.1. The number of benzene rings is 2. The monoisotopic (exact) mass is 729 g/mol. The second-order valence-electron chi connectivity index (χ2n) is 12.7. The van der Waals surface area contributed by atoms with Gasteiger partial charge >= 0.3 is 12.1 Å². The average molecular weight is 730 g/mol. The molecule has 11 heteroatoms. The fourth-order valence-electron chi connectivity index (χ4n) is 5.94. The standard InChI is InChI=1S/C41H63NO10/c1-2-3-4-5-6-7-8-9-10-19-40(43)51-33-32-50-31-30-49-29-28-48-27-26-47-25-24-46-23-22-45-21-20-42-41(44)52-34-39-37-17-13-11-15-35(37)36-16-12-14-18-38(36)39/h11-18,39H,2-10,19-34H2,1H3,(H,42,44). The highest BCUT2D eigenvalue weighted by Gasteiger charge is 2.28. The Morgan fingerprint density at radius 2 is 0.942 bits per heavy atom. The zero-order valence-electron chi connectivity index (χ0n) is 31.5. The molecule has 11 nitrogen and oxygen atoms in total. The van der Waals surface area contributed by atoms with E-state index in [9.17, 15) is 9.59 Å². The minimum Gasteiger partial charge on any atom is -0.463 e. The number of nitrogens with one attached hydrogen (secondary N) is 1. The molecule has 1 aliphatic rings. The second kappa shape index (κ2) is 29.4. The lowest BCUT2D eigenvalue weighted by Crippen LogP contribution is -2.29. The number of hydrogen-bond acceptors (Lipinski definition) is 10. The number of ether oxygens (including phenoxy) is 8. The van der Waals surface area contributed by atoms with E-state index in [-0.39, 0.29) is 25.1 Å². The van der Waals surface area contributed by atoms with Crippen LogP contribution in [0.4, 0.5) is 4.79 Å². The molecule has 1 amide bonds. The molecule has 0 saturated carbocycles. The molecule has 292 valence electrons. The van der Waals surface area contributed by atoms with Gasteiger partial charge in [0.05, 0.1) is 79.3 Å². The van der Waals surface area contributed by atoms with Gasteiger partial charge < -0.3 is 43.2 Å². The number of rotatable bonds is 33. The van der Waals surface area contributed by atoms with Crippen LogP contribution < -0.4 is 5.32 Å². The van der Waals surface area contributed by atoms with Crippen LogP contribution in [0.3, 0.4) is 0 Å². The van der Waals surface area contributed by atoms with Gasteiger partial charge in [-0.05, 0) is 28.7 Å². The van der Waals surface area contributed by atoms with Gasteiger partial charge in [-0.25, -0.2) is 4.79 Å². The van der Waals surface area contributed by atoms with E-state index in [1.807, 2.05) is 24.3 Å². The highest BCUT2D eigenvalue weighted by atomic mass is 16.6. The van der Waals surface area contributed by atoms with Crippen LogP contribution in [0.2, 0.25) is 0 Å². The number of hydrogen-bond donors (Lipinski definition) is 1. The Bertz CT molecular complexity index is 1170. The van der Waals surface area contributed by atoms with Gasteiger partial charge in [0.2, 0.25) is 0 Å². The molecule has 2 aromatic carbocycles. The van der Waals surface area contributed by atoms with Crippen molar-refractivity contribution in [1.82, 2.24) is 5.32 Å². The molecule has 52 heavy (non-hydrogen) atoms. The lowest BCUT2D eigenvalue weighted by Gasteiger charge is -2.14. The number of esters is 1. The summed E-state index contributed by atoms with van der Waals surface area (Å²) in [4.78, 5) is 24.0. The number of carbonyl (C=O) groups is 2. The summed E-state index contributed by atoms with van der Waals surface area (Å²) in [6, 6.07) is 16.5. The van der Waals surface area contributed by atoms with Crippen molar-refractivity contribution in [2.75, 3.05) is 99.0 Å². The summed E-state index contributed by atoms with van der Waals surface area (Å²) in [5.74, 6) is -0.104. The van der Waals surface area contributed by atoms with Crippen LogP contribution in [0, 0.1) is 0 Å². The van der Waals surface area contributed by atoms with Crippen LogP contribution in [0.5, 0.6) is 0 Å². The van der Waals surface area contributed by atoms with Crippen LogP contribution in [0.1, 0.15) is 88.2 Å². The predicted octanol–water partition coefficient (Wildman–Crippen LogP) is 7.09. The molecule has 0 heterocycles. The molecule has 1 N–H and O–H groups in total. The first-order chi connectivity index (χ1) is 25.7. The number of unbranched alkanes of at least 4 members (excludes halogenated alkanes) is 8. The van der Waals surface area contributed by atoms with Crippen molar-refractivity contribution in [2.24, 2.45) is 0 Å². The summed E-state index contributed by atoms with van der Waals surface area (Å²) >= 11 is 0. The van der Waals surface area contributed by atoms with Gasteiger partial charge in [-0.2, -0.15) is 0 Å². The first kappa shape index (κ1) is 43.3. The lowest BCUT2D eigenvalue weighted by molar-refractivity contribution is -0.145. The Morgan fingerprint density at radius 3 is 1.44 bits per heavy atom. The van der Waals surface area contributed by atoms with Gasteiger partial charge in [0, 0.05) is 18.9 Å². The summed E-state index contributed by atoms with van der Waals surface area (Å²) in [5.41, 5.74) is 4.77. The first-order valence-electron chi connectivity index (χ1n) is 19.4. The topological polar surface area (TPSA) is 120 Å².